The molecule has 10 aromatic rings. The fourth-order valence-corrected chi connectivity index (χ4v) is 12.1. The summed E-state index contributed by atoms with van der Waals surface area (Å²) in [5, 5.41) is 2.26. The first-order chi connectivity index (χ1) is 30.8. The third kappa shape index (κ3) is 4.73. The first-order valence-corrected chi connectivity index (χ1v) is 22.3. The summed E-state index contributed by atoms with van der Waals surface area (Å²) in [6.45, 7) is 9.50. The van der Waals surface area contributed by atoms with Crippen molar-refractivity contribution in [2.75, 3.05) is 4.90 Å². The van der Waals surface area contributed by atoms with Gasteiger partial charge in [-0.15, -0.1) is 0 Å². The van der Waals surface area contributed by atoms with Gasteiger partial charge in [-0.1, -0.05) is 191 Å². The van der Waals surface area contributed by atoms with Gasteiger partial charge in [-0.05, 0) is 103 Å². The highest BCUT2D eigenvalue weighted by molar-refractivity contribution is 6.11. The minimum atomic E-state index is -0.657. The van der Waals surface area contributed by atoms with Gasteiger partial charge in [-0.2, -0.15) is 0 Å². The number of hydrogen-bond donors (Lipinski definition) is 0. The van der Waals surface area contributed by atoms with E-state index in [1.165, 1.54) is 77.9 Å². The van der Waals surface area contributed by atoms with Crippen LogP contribution < -0.4 is 4.90 Å². The molecule has 0 unspecified atom stereocenters. The highest BCUT2D eigenvalue weighted by atomic mass is 16.3. The van der Waals surface area contributed by atoms with E-state index in [-0.39, 0.29) is 10.8 Å². The molecule has 0 aliphatic heterocycles. The Hall–Kier alpha value is -7.42. The number of rotatable bonds is 5. The second-order valence-electron chi connectivity index (χ2n) is 18.8. The molecule has 2 nitrogen and oxygen atoms in total. The lowest BCUT2D eigenvalue weighted by Gasteiger charge is -2.36. The molecule has 0 amide bonds. The number of anilines is 3. The molecule has 0 fully saturated rings. The van der Waals surface area contributed by atoms with Crippen molar-refractivity contribution in [3.8, 4) is 33.4 Å². The van der Waals surface area contributed by atoms with Crippen LogP contribution >= 0.6 is 0 Å². The van der Waals surface area contributed by atoms with Crippen LogP contribution in [0.3, 0.4) is 0 Å². The third-order valence-electron chi connectivity index (χ3n) is 14.9. The second kappa shape index (κ2) is 12.8. The quantitative estimate of drug-likeness (QED) is 0.172. The Balaban J connectivity index is 1.18. The number of hydrogen-bond acceptors (Lipinski definition) is 2. The fourth-order valence-electron chi connectivity index (χ4n) is 12.1. The molecule has 63 heavy (non-hydrogen) atoms. The van der Waals surface area contributed by atoms with Crippen molar-refractivity contribution in [1.82, 2.24) is 0 Å². The van der Waals surface area contributed by atoms with E-state index in [9.17, 15) is 0 Å². The van der Waals surface area contributed by atoms with Gasteiger partial charge in [0.2, 0.25) is 0 Å². The molecule has 9 aromatic carbocycles. The zero-order chi connectivity index (χ0) is 42.2. The normalized spacial score (nSPS) is 15.4. The molecule has 3 aliphatic rings. The number of fused-ring (bicyclic) bond motifs is 12. The Kier molecular flexibility index (Phi) is 7.37. The third-order valence-corrected chi connectivity index (χ3v) is 14.9. The molecule has 2 heteroatoms. The maximum absolute atomic E-state index is 7.08. The Bertz CT molecular complexity index is 3480. The van der Waals surface area contributed by atoms with Crippen LogP contribution in [0.1, 0.15) is 72.2 Å². The average Bonchev–Trinajstić information content (AvgIpc) is 3.99. The van der Waals surface area contributed by atoms with E-state index in [1.807, 2.05) is 0 Å². The maximum Gasteiger partial charge on any atom is 0.137 e. The van der Waals surface area contributed by atoms with Crippen LogP contribution in [0.25, 0.3) is 55.3 Å². The van der Waals surface area contributed by atoms with Gasteiger partial charge < -0.3 is 9.32 Å². The molecule has 0 saturated carbocycles. The molecule has 0 atom stereocenters. The van der Waals surface area contributed by atoms with E-state index in [4.69, 9.17) is 4.42 Å². The van der Waals surface area contributed by atoms with Crippen molar-refractivity contribution in [2.45, 2.75) is 43.9 Å². The molecule has 0 bridgehead atoms. The Labute approximate surface area is 368 Å². The molecule has 3 aliphatic carbocycles. The minimum absolute atomic E-state index is 0.169. The summed E-state index contributed by atoms with van der Waals surface area (Å²) in [6, 6.07) is 74.7. The van der Waals surface area contributed by atoms with Gasteiger partial charge in [-0.25, -0.2) is 0 Å². The van der Waals surface area contributed by atoms with Crippen molar-refractivity contribution in [2.24, 2.45) is 0 Å². The number of para-hydroxylation sites is 1. The summed E-state index contributed by atoms with van der Waals surface area (Å²) in [5.74, 6) is 0. The zero-order valence-electron chi connectivity index (χ0n) is 35.9. The van der Waals surface area contributed by atoms with Crippen LogP contribution in [0, 0.1) is 0 Å². The lowest BCUT2D eigenvalue weighted by molar-refractivity contribution is 0.660. The molecular formula is C61H45NO. The summed E-state index contributed by atoms with van der Waals surface area (Å²) in [4.78, 5) is 2.54. The molecule has 1 aromatic heterocycles. The minimum Gasteiger partial charge on any atom is -0.456 e. The molecular weight excluding hydrogens is 763 g/mol. The fraction of sp³-hybridized carbons (Fsp3) is 0.115. The van der Waals surface area contributed by atoms with Crippen molar-refractivity contribution in [3.63, 3.8) is 0 Å². The maximum atomic E-state index is 7.08. The second-order valence-corrected chi connectivity index (χ2v) is 18.8. The predicted octanol–water partition coefficient (Wildman–Crippen LogP) is 16.0. The summed E-state index contributed by atoms with van der Waals surface area (Å²) in [5.41, 5.74) is 22.2. The molecule has 0 radical (unpaired) electrons. The van der Waals surface area contributed by atoms with Crippen LogP contribution in [0.4, 0.5) is 17.1 Å². The number of nitrogens with zero attached hydrogens (tertiary/aromatic N) is 1. The summed E-state index contributed by atoms with van der Waals surface area (Å²) in [7, 11) is 0. The van der Waals surface area contributed by atoms with Crippen molar-refractivity contribution in [1.29, 1.82) is 0 Å². The van der Waals surface area contributed by atoms with Crippen molar-refractivity contribution >= 4 is 39.0 Å². The van der Waals surface area contributed by atoms with E-state index >= 15 is 0 Å². The van der Waals surface area contributed by atoms with Crippen LogP contribution in [-0.2, 0) is 16.2 Å². The smallest absolute Gasteiger partial charge is 0.137 e. The van der Waals surface area contributed by atoms with Crippen LogP contribution in [0.15, 0.2) is 205 Å². The van der Waals surface area contributed by atoms with Gasteiger partial charge in [0.05, 0.1) is 16.8 Å². The monoisotopic (exact) mass is 807 g/mol. The van der Waals surface area contributed by atoms with Gasteiger partial charge >= 0.3 is 0 Å². The van der Waals surface area contributed by atoms with Crippen LogP contribution in [-0.4, -0.2) is 0 Å². The van der Waals surface area contributed by atoms with Gasteiger partial charge in [0.1, 0.15) is 11.2 Å². The van der Waals surface area contributed by atoms with E-state index < -0.39 is 5.41 Å². The van der Waals surface area contributed by atoms with Crippen LogP contribution in [0.5, 0.6) is 0 Å². The van der Waals surface area contributed by atoms with E-state index in [0.717, 1.165) is 39.0 Å². The number of benzene rings is 9. The van der Waals surface area contributed by atoms with E-state index in [1.54, 1.807) is 0 Å². The van der Waals surface area contributed by atoms with E-state index in [2.05, 4.69) is 233 Å². The van der Waals surface area contributed by atoms with Crippen molar-refractivity contribution < 1.29 is 4.42 Å². The first-order valence-electron chi connectivity index (χ1n) is 22.3. The zero-order valence-corrected chi connectivity index (χ0v) is 35.9. The molecule has 1 heterocycles. The summed E-state index contributed by atoms with van der Waals surface area (Å²) >= 11 is 0. The summed E-state index contributed by atoms with van der Waals surface area (Å²) in [6.07, 6.45) is 0. The first kappa shape index (κ1) is 36.3. The lowest BCUT2D eigenvalue weighted by atomic mass is 9.66. The van der Waals surface area contributed by atoms with Crippen LogP contribution in [0.2, 0.25) is 0 Å². The molecule has 300 valence electrons. The Morgan fingerprint density at radius 3 is 1.60 bits per heavy atom. The predicted molar refractivity (Wildman–Crippen MR) is 261 cm³/mol. The molecule has 0 spiro atoms. The largest absolute Gasteiger partial charge is 0.456 e. The average molecular weight is 808 g/mol. The topological polar surface area (TPSA) is 16.4 Å². The standard InChI is InChI=1S/C61H45NO/c1-59(2)48-27-14-11-24-45(48)57-51(59)30-18-31-54(57)62(39-33-34-44-41-21-8-13-26-47(41)60(3,4)52(44)35-39)40-36-53(58-46-25-12-17-32-55(46)63-56(58)37-40)61(38-19-6-5-7-20-38)49-28-15-9-22-42(49)43-23-10-16-29-50(43)61/h5-37H,1-4H3. The Morgan fingerprint density at radius 1 is 0.365 bits per heavy atom. The molecule has 13 rings (SSSR count). The van der Waals surface area contributed by atoms with Crippen molar-refractivity contribution in [3.05, 3.63) is 245 Å². The molecule has 0 saturated heterocycles. The highest BCUT2D eigenvalue weighted by Gasteiger charge is 2.48. The van der Waals surface area contributed by atoms with E-state index in [0.29, 0.717) is 0 Å². The molecule has 0 N–H and O–H groups in total. The lowest BCUT2D eigenvalue weighted by Crippen LogP contribution is -2.29. The van der Waals surface area contributed by atoms with Gasteiger partial charge in [0.15, 0.2) is 0 Å². The van der Waals surface area contributed by atoms with Gasteiger partial charge in [0.25, 0.3) is 0 Å². The number of furan rings is 1. The SMILES string of the molecule is CC1(C)c2ccccc2-c2ccc(N(c3cc(C4(c5ccccc5)c5ccccc5-c5ccccc54)c4c(c3)oc3ccccc34)c3cccc4c3-c3ccccc3C4(C)C)cc21. The summed E-state index contributed by atoms with van der Waals surface area (Å²) < 4.78 is 7.08. The Morgan fingerprint density at radius 2 is 0.889 bits per heavy atom. The van der Waals surface area contributed by atoms with Gasteiger partial charge in [0, 0.05) is 38.9 Å². The van der Waals surface area contributed by atoms with Gasteiger partial charge in [-0.3, -0.25) is 0 Å². The highest BCUT2D eigenvalue weighted by Crippen LogP contribution is 2.60.